The summed E-state index contributed by atoms with van der Waals surface area (Å²) in [6, 6.07) is 3.24. The lowest BCUT2D eigenvalue weighted by molar-refractivity contribution is 0.199. The zero-order valence-corrected chi connectivity index (χ0v) is 15.5. The number of likely N-dealkylation sites (N-methyl/N-ethyl adjacent to an activating group) is 1. The highest BCUT2D eigenvalue weighted by molar-refractivity contribution is 9.10. The maximum Gasteiger partial charge on any atom is 0.241 e. The minimum Gasteiger partial charge on any atom is -0.392 e. The number of hydrogen-bond acceptors (Lipinski definition) is 4. The molecule has 0 aromatic heterocycles. The molecule has 1 aromatic rings. The Kier molecular flexibility index (Phi) is 5.97. The summed E-state index contributed by atoms with van der Waals surface area (Å²) in [6.45, 7) is 5.81. The normalized spacial score (nSPS) is 13.0. The van der Waals surface area contributed by atoms with E-state index in [4.69, 9.17) is 0 Å². The number of hydrogen-bond donors (Lipinski definition) is 2. The molecule has 120 valence electrons. The topological polar surface area (TPSA) is 69.6 Å². The Morgan fingerprint density at radius 2 is 1.90 bits per heavy atom. The van der Waals surface area contributed by atoms with Crippen molar-refractivity contribution in [2.24, 2.45) is 0 Å². The lowest BCUT2D eigenvalue weighted by Crippen LogP contribution is -2.48. The monoisotopic (exact) mass is 378 g/mol. The SMILES string of the molecule is Cc1cc(CO)cc(S(=O)(=O)NCC(C)(C)N(C)C)c1Br. The zero-order chi connectivity index (χ0) is 16.4. The highest BCUT2D eigenvalue weighted by Gasteiger charge is 2.26. The molecular formula is C14H23BrN2O3S. The number of sulfonamides is 1. The van der Waals surface area contributed by atoms with Gasteiger partial charge < -0.3 is 10.0 Å². The van der Waals surface area contributed by atoms with E-state index in [1.54, 1.807) is 13.0 Å². The molecule has 0 aliphatic carbocycles. The van der Waals surface area contributed by atoms with Gasteiger partial charge in [-0.15, -0.1) is 0 Å². The summed E-state index contributed by atoms with van der Waals surface area (Å²) >= 11 is 3.32. The lowest BCUT2D eigenvalue weighted by Gasteiger charge is -2.32. The second-order valence-electron chi connectivity index (χ2n) is 5.91. The van der Waals surface area contributed by atoms with Gasteiger partial charge in [-0.05, 0) is 68.0 Å². The third kappa shape index (κ3) is 4.50. The van der Waals surface area contributed by atoms with Crippen LogP contribution in [0.4, 0.5) is 0 Å². The van der Waals surface area contributed by atoms with Crippen LogP contribution in [0.2, 0.25) is 0 Å². The van der Waals surface area contributed by atoms with Gasteiger partial charge in [-0.25, -0.2) is 13.1 Å². The first kappa shape index (κ1) is 18.6. The standard InChI is InChI=1S/C14H23BrN2O3S/c1-10-6-11(8-18)7-12(13(10)15)21(19,20)16-9-14(2,3)17(4)5/h6-7,16,18H,8-9H2,1-5H3. The molecule has 0 saturated heterocycles. The average Bonchev–Trinajstić information content (AvgIpc) is 2.39. The van der Waals surface area contributed by atoms with Crippen molar-refractivity contribution in [3.8, 4) is 0 Å². The number of aliphatic hydroxyl groups excluding tert-OH is 1. The Balaban J connectivity index is 3.12. The number of benzene rings is 1. The molecule has 0 heterocycles. The second kappa shape index (κ2) is 6.75. The van der Waals surface area contributed by atoms with Gasteiger partial charge in [-0.2, -0.15) is 0 Å². The molecule has 1 aromatic carbocycles. The van der Waals surface area contributed by atoms with E-state index in [2.05, 4.69) is 20.7 Å². The molecule has 0 aliphatic heterocycles. The molecule has 0 amide bonds. The first-order valence-electron chi connectivity index (χ1n) is 6.58. The van der Waals surface area contributed by atoms with Crippen molar-refractivity contribution in [1.82, 2.24) is 9.62 Å². The van der Waals surface area contributed by atoms with Crippen LogP contribution in [0.1, 0.15) is 25.0 Å². The number of aryl methyl sites for hydroxylation is 1. The van der Waals surface area contributed by atoms with E-state index in [1.807, 2.05) is 32.8 Å². The van der Waals surface area contributed by atoms with Gasteiger partial charge in [-0.1, -0.05) is 6.07 Å². The summed E-state index contributed by atoms with van der Waals surface area (Å²) < 4.78 is 28.2. The number of aliphatic hydroxyl groups is 1. The Morgan fingerprint density at radius 1 is 1.33 bits per heavy atom. The maximum absolute atomic E-state index is 12.5. The third-order valence-corrected chi connectivity index (χ3v) is 6.40. The van der Waals surface area contributed by atoms with Gasteiger partial charge in [0.15, 0.2) is 0 Å². The molecule has 1 rings (SSSR count). The summed E-state index contributed by atoms with van der Waals surface area (Å²) in [5.74, 6) is 0. The molecule has 0 spiro atoms. The van der Waals surface area contributed by atoms with Gasteiger partial charge in [-0.3, -0.25) is 0 Å². The summed E-state index contributed by atoms with van der Waals surface area (Å²) in [7, 11) is 0.160. The van der Waals surface area contributed by atoms with Crippen LogP contribution in [0, 0.1) is 6.92 Å². The molecule has 21 heavy (non-hydrogen) atoms. The van der Waals surface area contributed by atoms with Crippen molar-refractivity contribution < 1.29 is 13.5 Å². The van der Waals surface area contributed by atoms with Crippen LogP contribution in [-0.4, -0.2) is 44.6 Å². The van der Waals surface area contributed by atoms with Crippen LogP contribution in [-0.2, 0) is 16.6 Å². The van der Waals surface area contributed by atoms with Gasteiger partial charge >= 0.3 is 0 Å². The van der Waals surface area contributed by atoms with E-state index in [9.17, 15) is 13.5 Å². The minimum absolute atomic E-state index is 0.154. The van der Waals surface area contributed by atoms with Crippen LogP contribution >= 0.6 is 15.9 Å². The van der Waals surface area contributed by atoms with Gasteiger partial charge in [0.25, 0.3) is 0 Å². The third-order valence-electron chi connectivity index (χ3n) is 3.66. The van der Waals surface area contributed by atoms with Gasteiger partial charge in [0, 0.05) is 16.6 Å². The fourth-order valence-electron chi connectivity index (χ4n) is 1.60. The van der Waals surface area contributed by atoms with E-state index in [0.717, 1.165) is 5.56 Å². The predicted molar refractivity (Wildman–Crippen MR) is 87.8 cm³/mol. The van der Waals surface area contributed by atoms with Crippen LogP contribution < -0.4 is 4.72 Å². The van der Waals surface area contributed by atoms with Crippen LogP contribution in [0.15, 0.2) is 21.5 Å². The van der Waals surface area contributed by atoms with E-state index < -0.39 is 10.0 Å². The molecule has 0 fully saturated rings. The molecule has 0 bridgehead atoms. The fourth-order valence-corrected chi connectivity index (χ4v) is 3.87. The summed E-state index contributed by atoms with van der Waals surface area (Å²) in [4.78, 5) is 2.11. The maximum atomic E-state index is 12.5. The number of rotatable bonds is 6. The van der Waals surface area contributed by atoms with Crippen molar-refractivity contribution in [3.05, 3.63) is 27.7 Å². The summed E-state index contributed by atoms with van der Waals surface area (Å²) in [5, 5.41) is 9.24. The second-order valence-corrected chi connectivity index (χ2v) is 8.44. The number of nitrogens with one attached hydrogen (secondary N) is 1. The first-order chi connectivity index (χ1) is 9.51. The summed E-state index contributed by atoms with van der Waals surface area (Å²) in [6.07, 6.45) is 0. The molecule has 0 saturated carbocycles. The predicted octanol–water partition coefficient (Wildman–Crippen LogP) is 1.87. The summed E-state index contributed by atoms with van der Waals surface area (Å²) in [5.41, 5.74) is 1.04. The van der Waals surface area contributed by atoms with E-state index >= 15 is 0 Å². The van der Waals surface area contributed by atoms with Gasteiger partial charge in [0.05, 0.1) is 11.5 Å². The van der Waals surface area contributed by atoms with Crippen molar-refractivity contribution >= 4 is 26.0 Å². The Labute approximate surface area is 135 Å². The zero-order valence-electron chi connectivity index (χ0n) is 13.1. The van der Waals surface area contributed by atoms with Crippen molar-refractivity contribution in [2.45, 2.75) is 37.8 Å². The molecule has 0 aliphatic rings. The molecule has 0 atom stereocenters. The van der Waals surface area contributed by atoms with Crippen LogP contribution in [0.5, 0.6) is 0 Å². The number of halogens is 1. The van der Waals surface area contributed by atoms with Crippen molar-refractivity contribution in [3.63, 3.8) is 0 Å². The highest BCUT2D eigenvalue weighted by Crippen LogP contribution is 2.27. The molecule has 0 unspecified atom stereocenters. The Morgan fingerprint density at radius 3 is 2.38 bits per heavy atom. The lowest BCUT2D eigenvalue weighted by atomic mass is 10.1. The largest absolute Gasteiger partial charge is 0.392 e. The molecular weight excluding hydrogens is 356 g/mol. The Bertz CT molecular complexity index is 613. The van der Waals surface area contributed by atoms with Crippen molar-refractivity contribution in [2.75, 3.05) is 20.6 Å². The van der Waals surface area contributed by atoms with Crippen LogP contribution in [0.25, 0.3) is 0 Å². The Hall–Kier alpha value is -0.470. The first-order valence-corrected chi connectivity index (χ1v) is 8.86. The molecule has 2 N–H and O–H groups in total. The molecule has 7 heteroatoms. The molecule has 0 radical (unpaired) electrons. The smallest absolute Gasteiger partial charge is 0.241 e. The van der Waals surface area contributed by atoms with Crippen molar-refractivity contribution in [1.29, 1.82) is 0 Å². The van der Waals surface area contributed by atoms with E-state index in [-0.39, 0.29) is 23.6 Å². The van der Waals surface area contributed by atoms with Gasteiger partial charge in [0.2, 0.25) is 10.0 Å². The molecule has 5 nitrogen and oxygen atoms in total. The van der Waals surface area contributed by atoms with E-state index in [1.165, 1.54) is 6.07 Å². The highest BCUT2D eigenvalue weighted by atomic mass is 79.9. The number of nitrogens with zero attached hydrogens (tertiary/aromatic N) is 1. The minimum atomic E-state index is -3.65. The quantitative estimate of drug-likeness (QED) is 0.792. The van der Waals surface area contributed by atoms with E-state index in [0.29, 0.717) is 10.0 Å². The van der Waals surface area contributed by atoms with Gasteiger partial charge in [0.1, 0.15) is 0 Å². The average molecular weight is 379 g/mol. The fraction of sp³-hybridized carbons (Fsp3) is 0.571. The van der Waals surface area contributed by atoms with Crippen LogP contribution in [0.3, 0.4) is 0 Å².